The summed E-state index contributed by atoms with van der Waals surface area (Å²) < 4.78 is 40.4. The number of aryl methyl sites for hydroxylation is 1. The van der Waals surface area contributed by atoms with Crippen LogP contribution in [0.25, 0.3) is 0 Å². The number of rotatable bonds is 6. The van der Waals surface area contributed by atoms with Crippen molar-refractivity contribution < 1.29 is 17.6 Å². The van der Waals surface area contributed by atoms with Gasteiger partial charge in [0.1, 0.15) is 5.82 Å². The number of nitrogens with one attached hydrogen (secondary N) is 2. The van der Waals surface area contributed by atoms with Crippen LogP contribution >= 0.6 is 0 Å². The average molecular weight is 376 g/mol. The highest BCUT2D eigenvalue weighted by atomic mass is 32.2. The molecule has 3 rings (SSSR count). The lowest BCUT2D eigenvalue weighted by molar-refractivity contribution is 0.0939. The second-order valence-corrected chi connectivity index (χ2v) is 8.33. The Bertz CT molecular complexity index is 922. The third-order valence-corrected chi connectivity index (χ3v) is 5.90. The van der Waals surface area contributed by atoms with E-state index in [9.17, 15) is 17.6 Å². The minimum absolute atomic E-state index is 0.00271. The molecule has 2 aromatic carbocycles. The molecular formula is C19H21FN2O3S. The van der Waals surface area contributed by atoms with Gasteiger partial charge in [-0.3, -0.25) is 4.79 Å². The zero-order chi connectivity index (χ0) is 18.9. The molecule has 1 atom stereocenters. The van der Waals surface area contributed by atoms with Crippen molar-refractivity contribution in [2.75, 3.05) is 0 Å². The Labute approximate surface area is 152 Å². The zero-order valence-electron chi connectivity index (χ0n) is 14.6. The third kappa shape index (κ3) is 4.28. The predicted octanol–water partition coefficient (Wildman–Crippen LogP) is 3.07. The van der Waals surface area contributed by atoms with Crippen molar-refractivity contribution >= 4 is 15.9 Å². The summed E-state index contributed by atoms with van der Waals surface area (Å²) in [6.45, 7) is 3.54. The first-order valence-corrected chi connectivity index (χ1v) is 9.94. The fourth-order valence-electron chi connectivity index (χ4n) is 2.61. The Morgan fingerprint density at radius 2 is 1.81 bits per heavy atom. The van der Waals surface area contributed by atoms with Crippen LogP contribution in [0.3, 0.4) is 0 Å². The Hall–Kier alpha value is -2.25. The summed E-state index contributed by atoms with van der Waals surface area (Å²) >= 11 is 0. The van der Waals surface area contributed by atoms with Gasteiger partial charge in [0.15, 0.2) is 0 Å². The zero-order valence-corrected chi connectivity index (χ0v) is 15.4. The maximum Gasteiger partial charge on any atom is 0.252 e. The molecule has 2 aromatic rings. The SMILES string of the molecule is Cc1ccc(S(=O)(=O)NC2CC2)cc1C(=O)NC(C)c1ccc(F)cc1. The maximum absolute atomic E-state index is 13.0. The molecule has 0 bridgehead atoms. The van der Waals surface area contributed by atoms with Gasteiger partial charge in [0.25, 0.3) is 5.91 Å². The van der Waals surface area contributed by atoms with Crippen LogP contribution in [0.2, 0.25) is 0 Å². The molecule has 0 heterocycles. The van der Waals surface area contributed by atoms with E-state index in [0.29, 0.717) is 11.1 Å². The van der Waals surface area contributed by atoms with Crippen LogP contribution in [0, 0.1) is 12.7 Å². The highest BCUT2D eigenvalue weighted by Crippen LogP contribution is 2.23. The van der Waals surface area contributed by atoms with E-state index in [1.165, 1.54) is 24.3 Å². The van der Waals surface area contributed by atoms with Crippen molar-refractivity contribution in [2.24, 2.45) is 0 Å². The van der Waals surface area contributed by atoms with Gasteiger partial charge in [-0.15, -0.1) is 0 Å². The molecule has 1 aliphatic carbocycles. The molecule has 1 fully saturated rings. The number of carbonyl (C=O) groups is 1. The number of carbonyl (C=O) groups excluding carboxylic acids is 1. The van der Waals surface area contributed by atoms with Crippen LogP contribution in [-0.2, 0) is 10.0 Å². The van der Waals surface area contributed by atoms with Gasteiger partial charge in [0.05, 0.1) is 10.9 Å². The van der Waals surface area contributed by atoms with Crippen molar-refractivity contribution in [1.29, 1.82) is 0 Å². The summed E-state index contributed by atoms with van der Waals surface area (Å²) in [6.07, 6.45) is 1.68. The highest BCUT2D eigenvalue weighted by molar-refractivity contribution is 7.89. The second-order valence-electron chi connectivity index (χ2n) is 6.62. The van der Waals surface area contributed by atoms with E-state index in [4.69, 9.17) is 0 Å². The molecule has 0 spiro atoms. The number of hydrogen-bond donors (Lipinski definition) is 2. The molecule has 0 aromatic heterocycles. The summed E-state index contributed by atoms with van der Waals surface area (Å²) in [5, 5.41) is 2.83. The molecule has 0 radical (unpaired) electrons. The summed E-state index contributed by atoms with van der Waals surface area (Å²) in [4.78, 5) is 12.7. The fourth-order valence-corrected chi connectivity index (χ4v) is 3.94. The van der Waals surface area contributed by atoms with E-state index in [-0.39, 0.29) is 28.7 Å². The monoisotopic (exact) mass is 376 g/mol. The molecule has 1 amide bonds. The minimum atomic E-state index is -3.63. The second kappa shape index (κ2) is 7.17. The molecule has 0 saturated heterocycles. The summed E-state index contributed by atoms with van der Waals surface area (Å²) in [6, 6.07) is 10.1. The molecular weight excluding hydrogens is 355 g/mol. The molecule has 0 aliphatic heterocycles. The number of hydrogen-bond acceptors (Lipinski definition) is 3. The molecule has 1 unspecified atom stereocenters. The number of halogens is 1. The van der Waals surface area contributed by atoms with Crippen molar-refractivity contribution in [3.63, 3.8) is 0 Å². The number of amides is 1. The van der Waals surface area contributed by atoms with Crippen molar-refractivity contribution in [3.05, 3.63) is 65.0 Å². The Morgan fingerprint density at radius 1 is 1.15 bits per heavy atom. The lowest BCUT2D eigenvalue weighted by atomic mass is 10.1. The smallest absolute Gasteiger partial charge is 0.252 e. The van der Waals surface area contributed by atoms with Crippen LogP contribution in [0.15, 0.2) is 47.4 Å². The van der Waals surface area contributed by atoms with Crippen LogP contribution in [0.5, 0.6) is 0 Å². The number of sulfonamides is 1. The Balaban J connectivity index is 1.80. The van der Waals surface area contributed by atoms with Gasteiger partial charge in [-0.1, -0.05) is 18.2 Å². The van der Waals surface area contributed by atoms with Crippen molar-refractivity contribution in [3.8, 4) is 0 Å². The molecule has 138 valence electrons. The predicted molar refractivity (Wildman–Crippen MR) is 96.8 cm³/mol. The largest absolute Gasteiger partial charge is 0.346 e. The Morgan fingerprint density at radius 3 is 2.42 bits per heavy atom. The average Bonchev–Trinajstić information content (AvgIpc) is 3.38. The van der Waals surface area contributed by atoms with Gasteiger partial charge >= 0.3 is 0 Å². The van der Waals surface area contributed by atoms with Crippen molar-refractivity contribution in [1.82, 2.24) is 10.0 Å². The molecule has 2 N–H and O–H groups in total. The summed E-state index contributed by atoms with van der Waals surface area (Å²) in [5.41, 5.74) is 1.74. The molecule has 5 nitrogen and oxygen atoms in total. The Kier molecular flexibility index (Phi) is 5.11. The lowest BCUT2D eigenvalue weighted by Crippen LogP contribution is -2.29. The van der Waals surface area contributed by atoms with Gasteiger partial charge in [-0.05, 0) is 62.1 Å². The fraction of sp³-hybridized carbons (Fsp3) is 0.316. The third-order valence-electron chi connectivity index (χ3n) is 4.38. The highest BCUT2D eigenvalue weighted by Gasteiger charge is 2.28. The van der Waals surface area contributed by atoms with E-state index in [1.807, 2.05) is 0 Å². The molecule has 1 aliphatic rings. The first-order valence-electron chi connectivity index (χ1n) is 8.45. The van der Waals surface area contributed by atoms with E-state index < -0.39 is 10.0 Å². The number of benzene rings is 2. The van der Waals surface area contributed by atoms with Gasteiger partial charge < -0.3 is 5.32 Å². The van der Waals surface area contributed by atoms with Crippen LogP contribution in [0.1, 0.15) is 47.3 Å². The van der Waals surface area contributed by atoms with Gasteiger partial charge in [-0.25, -0.2) is 17.5 Å². The van der Waals surface area contributed by atoms with Crippen LogP contribution in [-0.4, -0.2) is 20.4 Å². The van der Waals surface area contributed by atoms with Gasteiger partial charge in [-0.2, -0.15) is 0 Å². The molecule has 7 heteroatoms. The topological polar surface area (TPSA) is 75.3 Å². The van der Waals surface area contributed by atoms with E-state index >= 15 is 0 Å². The molecule has 26 heavy (non-hydrogen) atoms. The quantitative estimate of drug-likeness (QED) is 0.814. The first kappa shape index (κ1) is 18.5. The van der Waals surface area contributed by atoms with E-state index in [1.54, 1.807) is 32.0 Å². The first-order chi connectivity index (χ1) is 12.3. The summed E-state index contributed by atoms with van der Waals surface area (Å²) in [7, 11) is -3.63. The normalized spacial score (nSPS) is 15.5. The van der Waals surface area contributed by atoms with Crippen LogP contribution in [0.4, 0.5) is 4.39 Å². The lowest BCUT2D eigenvalue weighted by Gasteiger charge is -2.16. The molecule has 1 saturated carbocycles. The van der Waals surface area contributed by atoms with E-state index in [2.05, 4.69) is 10.0 Å². The maximum atomic E-state index is 13.0. The van der Waals surface area contributed by atoms with E-state index in [0.717, 1.165) is 18.4 Å². The standard InChI is InChI=1S/C19H21FN2O3S/c1-12-3-10-17(26(24,25)22-16-8-9-16)11-18(12)19(23)21-13(2)14-4-6-15(20)7-5-14/h3-7,10-11,13,16,22H,8-9H2,1-2H3,(H,21,23). The summed E-state index contributed by atoms with van der Waals surface area (Å²) in [5.74, 6) is -0.716. The van der Waals surface area contributed by atoms with Gasteiger partial charge in [0, 0.05) is 11.6 Å². The van der Waals surface area contributed by atoms with Crippen molar-refractivity contribution in [2.45, 2.75) is 43.7 Å². The van der Waals surface area contributed by atoms with Gasteiger partial charge in [0.2, 0.25) is 10.0 Å². The van der Waals surface area contributed by atoms with Crippen LogP contribution < -0.4 is 10.0 Å². The minimum Gasteiger partial charge on any atom is -0.346 e.